The lowest BCUT2D eigenvalue weighted by Gasteiger charge is -2.10. The van der Waals surface area contributed by atoms with Crippen LogP contribution in [0.15, 0.2) is 6.20 Å². The van der Waals surface area contributed by atoms with E-state index in [4.69, 9.17) is 5.73 Å². The van der Waals surface area contributed by atoms with Gasteiger partial charge in [-0.2, -0.15) is 0 Å². The Labute approximate surface area is 115 Å². The highest BCUT2D eigenvalue weighted by atomic mass is 32.2. The molecule has 19 heavy (non-hydrogen) atoms. The molecule has 7 heteroatoms. The maximum Gasteiger partial charge on any atom is 0.278 e. The highest BCUT2D eigenvalue weighted by Gasteiger charge is 2.20. The maximum absolute atomic E-state index is 11.9. The van der Waals surface area contributed by atoms with Gasteiger partial charge in [0.05, 0.1) is 16.4 Å². The van der Waals surface area contributed by atoms with Crippen LogP contribution in [0.25, 0.3) is 0 Å². The number of aryl methyl sites for hydroxylation is 1. The van der Waals surface area contributed by atoms with Crippen LogP contribution in [0.5, 0.6) is 0 Å². The fraction of sp³-hybridized carbons (Fsp3) is 0.583. The predicted molar refractivity (Wildman–Crippen MR) is 75.3 cm³/mol. The normalized spacial score (nSPS) is 14.1. The van der Waals surface area contributed by atoms with E-state index in [1.54, 1.807) is 13.8 Å². The van der Waals surface area contributed by atoms with Crippen molar-refractivity contribution in [3.8, 4) is 0 Å². The van der Waals surface area contributed by atoms with Crippen LogP contribution in [0.1, 0.15) is 30.2 Å². The Bertz CT molecular complexity index is 505. The average molecular weight is 285 g/mol. The molecule has 0 spiro atoms. The molecule has 6 nitrogen and oxygen atoms in total. The van der Waals surface area contributed by atoms with Crippen LogP contribution in [0.4, 0.5) is 5.69 Å². The summed E-state index contributed by atoms with van der Waals surface area (Å²) in [6.07, 6.45) is 2.21. The average Bonchev–Trinajstić information content (AvgIpc) is 2.32. The van der Waals surface area contributed by atoms with E-state index >= 15 is 0 Å². The molecule has 1 heterocycles. The summed E-state index contributed by atoms with van der Waals surface area (Å²) >= 11 is 0. The maximum atomic E-state index is 11.9. The van der Waals surface area contributed by atoms with Crippen molar-refractivity contribution in [1.29, 1.82) is 0 Å². The lowest BCUT2D eigenvalue weighted by atomic mass is 10.1. The first-order valence-electron chi connectivity index (χ1n) is 6.06. The van der Waals surface area contributed by atoms with E-state index in [9.17, 15) is 14.3 Å². The summed E-state index contributed by atoms with van der Waals surface area (Å²) < 4.78 is 11.9. The summed E-state index contributed by atoms with van der Waals surface area (Å²) in [5, 5.41) is 11.0. The summed E-state index contributed by atoms with van der Waals surface area (Å²) in [5.74, 6) is 0.597. The highest BCUT2D eigenvalue weighted by molar-refractivity contribution is 7.84. The third kappa shape index (κ3) is 4.07. The Morgan fingerprint density at radius 2 is 2.16 bits per heavy atom. The van der Waals surface area contributed by atoms with Gasteiger partial charge in [-0.1, -0.05) is 6.92 Å². The first-order chi connectivity index (χ1) is 8.86. The van der Waals surface area contributed by atoms with Gasteiger partial charge in [0, 0.05) is 39.9 Å². The highest BCUT2D eigenvalue weighted by Crippen LogP contribution is 2.24. The molecule has 1 rings (SSSR count). The quantitative estimate of drug-likeness (QED) is 0.632. The van der Waals surface area contributed by atoms with Gasteiger partial charge in [0.25, 0.3) is 5.69 Å². The zero-order chi connectivity index (χ0) is 14.6. The van der Waals surface area contributed by atoms with E-state index in [-0.39, 0.29) is 17.5 Å². The minimum absolute atomic E-state index is 0.0572. The molecule has 0 aromatic carbocycles. The molecule has 0 aliphatic rings. The zero-order valence-corrected chi connectivity index (χ0v) is 12.2. The second-order valence-corrected chi connectivity index (χ2v) is 6.04. The number of nitro groups is 1. The lowest BCUT2D eigenvalue weighted by Crippen LogP contribution is -2.26. The molecule has 2 atom stereocenters. The van der Waals surface area contributed by atoms with Gasteiger partial charge >= 0.3 is 0 Å². The summed E-state index contributed by atoms with van der Waals surface area (Å²) in [4.78, 5) is 14.7. The second-order valence-electron chi connectivity index (χ2n) is 4.54. The fourth-order valence-electron chi connectivity index (χ4n) is 1.76. The monoisotopic (exact) mass is 285 g/mol. The first-order valence-corrected chi connectivity index (χ1v) is 7.55. The van der Waals surface area contributed by atoms with Crippen molar-refractivity contribution in [2.45, 2.75) is 39.0 Å². The number of rotatable bonds is 6. The molecule has 0 radical (unpaired) electrons. The molecule has 0 amide bonds. The van der Waals surface area contributed by atoms with Gasteiger partial charge < -0.3 is 5.73 Å². The summed E-state index contributed by atoms with van der Waals surface area (Å²) in [5.41, 5.74) is 7.32. The molecular weight excluding hydrogens is 266 g/mol. The van der Waals surface area contributed by atoms with Crippen molar-refractivity contribution in [3.05, 3.63) is 33.1 Å². The first kappa shape index (κ1) is 15.7. The SMILES string of the molecule is CCC(N)CS(=O)Cc1ncc(C)c([N+](=O)[O-])c1C. The number of hydrogen-bond donors (Lipinski definition) is 1. The minimum Gasteiger partial charge on any atom is -0.327 e. The van der Waals surface area contributed by atoms with Gasteiger partial charge in [-0.3, -0.25) is 19.3 Å². The summed E-state index contributed by atoms with van der Waals surface area (Å²) in [6.45, 7) is 5.22. The number of pyridine rings is 1. The summed E-state index contributed by atoms with van der Waals surface area (Å²) in [6, 6.07) is -0.110. The van der Waals surface area contributed by atoms with E-state index in [0.29, 0.717) is 22.6 Å². The van der Waals surface area contributed by atoms with Crippen molar-refractivity contribution in [2.24, 2.45) is 5.73 Å². The molecule has 0 saturated heterocycles. The van der Waals surface area contributed by atoms with E-state index < -0.39 is 15.7 Å². The van der Waals surface area contributed by atoms with Gasteiger partial charge in [-0.05, 0) is 20.3 Å². The number of nitrogens with zero attached hydrogens (tertiary/aromatic N) is 2. The van der Waals surface area contributed by atoms with E-state index in [2.05, 4.69) is 4.98 Å². The van der Waals surface area contributed by atoms with Crippen LogP contribution in [0.2, 0.25) is 0 Å². The third-order valence-electron chi connectivity index (χ3n) is 2.98. The topological polar surface area (TPSA) is 99.1 Å². The Morgan fingerprint density at radius 1 is 1.53 bits per heavy atom. The molecule has 2 unspecified atom stereocenters. The van der Waals surface area contributed by atoms with E-state index in [1.807, 2.05) is 6.92 Å². The molecule has 0 aliphatic carbocycles. The number of hydrogen-bond acceptors (Lipinski definition) is 5. The zero-order valence-electron chi connectivity index (χ0n) is 11.4. The Kier molecular flexibility index (Phi) is 5.56. The standard InChI is InChI=1S/C12H19N3O3S/c1-4-10(13)6-19(18)7-11-9(3)12(15(16)17)8(2)5-14-11/h5,10H,4,6-7,13H2,1-3H3. The van der Waals surface area contributed by atoms with Crippen molar-refractivity contribution in [1.82, 2.24) is 4.98 Å². The lowest BCUT2D eigenvalue weighted by molar-refractivity contribution is -0.386. The van der Waals surface area contributed by atoms with Crippen molar-refractivity contribution >= 4 is 16.5 Å². The molecule has 1 aromatic heterocycles. The minimum atomic E-state index is -1.15. The Morgan fingerprint density at radius 3 is 2.68 bits per heavy atom. The molecule has 1 aromatic rings. The van der Waals surface area contributed by atoms with Crippen LogP contribution in [-0.4, -0.2) is 25.9 Å². The van der Waals surface area contributed by atoms with Gasteiger partial charge in [-0.15, -0.1) is 0 Å². The molecular formula is C12H19N3O3S. The third-order valence-corrected chi connectivity index (χ3v) is 4.38. The van der Waals surface area contributed by atoms with Crippen molar-refractivity contribution < 1.29 is 9.13 Å². The van der Waals surface area contributed by atoms with Gasteiger partial charge in [0.1, 0.15) is 0 Å². The number of aromatic nitrogens is 1. The molecule has 0 aliphatic heterocycles. The van der Waals surface area contributed by atoms with Gasteiger partial charge in [0.2, 0.25) is 0 Å². The summed E-state index contributed by atoms with van der Waals surface area (Å²) in [7, 11) is -1.15. The molecule has 0 fully saturated rings. The molecule has 2 N–H and O–H groups in total. The van der Waals surface area contributed by atoms with Crippen LogP contribution < -0.4 is 5.73 Å². The van der Waals surface area contributed by atoms with E-state index in [1.165, 1.54) is 6.20 Å². The van der Waals surface area contributed by atoms with Crippen LogP contribution in [0.3, 0.4) is 0 Å². The smallest absolute Gasteiger partial charge is 0.278 e. The predicted octanol–water partition coefficient (Wildman–Crippen LogP) is 1.59. The molecule has 106 valence electrons. The van der Waals surface area contributed by atoms with Crippen LogP contribution >= 0.6 is 0 Å². The van der Waals surface area contributed by atoms with Crippen molar-refractivity contribution in [3.63, 3.8) is 0 Å². The van der Waals surface area contributed by atoms with Crippen LogP contribution in [0, 0.1) is 24.0 Å². The Balaban J connectivity index is 2.94. The Hall–Kier alpha value is -1.34. The molecule has 0 bridgehead atoms. The second kappa shape index (κ2) is 6.72. The van der Waals surface area contributed by atoms with Crippen LogP contribution in [-0.2, 0) is 16.6 Å². The largest absolute Gasteiger partial charge is 0.327 e. The fourth-order valence-corrected chi connectivity index (χ4v) is 3.19. The van der Waals surface area contributed by atoms with Gasteiger partial charge in [-0.25, -0.2) is 0 Å². The van der Waals surface area contributed by atoms with E-state index in [0.717, 1.165) is 6.42 Å². The number of nitrogens with two attached hydrogens (primary N) is 1. The molecule has 0 saturated carbocycles. The van der Waals surface area contributed by atoms with Crippen molar-refractivity contribution in [2.75, 3.05) is 5.75 Å². The van der Waals surface area contributed by atoms with Gasteiger partial charge in [0.15, 0.2) is 0 Å².